The molecule has 0 amide bonds. The van der Waals surface area contributed by atoms with Gasteiger partial charge in [0.25, 0.3) is 0 Å². The zero-order valence-corrected chi connectivity index (χ0v) is 12.8. The lowest BCUT2D eigenvalue weighted by Gasteiger charge is -2.36. The van der Waals surface area contributed by atoms with E-state index in [9.17, 15) is 18.3 Å². The van der Waals surface area contributed by atoms with Gasteiger partial charge in [-0.2, -0.15) is 13.2 Å². The van der Waals surface area contributed by atoms with E-state index in [-0.39, 0.29) is 12.8 Å². The Morgan fingerprint density at radius 3 is 2.43 bits per heavy atom. The Morgan fingerprint density at radius 1 is 1.14 bits per heavy atom. The van der Waals surface area contributed by atoms with Gasteiger partial charge in [0.15, 0.2) is 0 Å². The summed E-state index contributed by atoms with van der Waals surface area (Å²) in [5, 5.41) is 11.0. The molecule has 1 aliphatic carbocycles. The Kier molecular flexibility index (Phi) is 5.44. The van der Waals surface area contributed by atoms with Crippen LogP contribution in [0, 0.1) is 11.8 Å². The van der Waals surface area contributed by atoms with Crippen molar-refractivity contribution in [3.63, 3.8) is 0 Å². The molecule has 0 aromatic heterocycles. The number of alkyl halides is 3. The number of hydrogen-bond acceptors (Lipinski definition) is 1. The van der Waals surface area contributed by atoms with Crippen molar-refractivity contribution in [1.29, 1.82) is 0 Å². The molecule has 6 heteroatoms. The van der Waals surface area contributed by atoms with E-state index < -0.39 is 24.1 Å². The molecule has 1 aromatic carbocycles. The highest BCUT2D eigenvalue weighted by atomic mass is 35.5. The molecule has 1 nitrogen and oxygen atoms in total. The lowest BCUT2D eigenvalue weighted by atomic mass is 9.74. The molecule has 1 fully saturated rings. The van der Waals surface area contributed by atoms with Crippen LogP contribution >= 0.6 is 23.2 Å². The van der Waals surface area contributed by atoms with Crippen LogP contribution in [0.2, 0.25) is 10.0 Å². The summed E-state index contributed by atoms with van der Waals surface area (Å²) in [5.41, 5.74) is 0.698. The molecule has 0 aliphatic heterocycles. The van der Waals surface area contributed by atoms with Gasteiger partial charge in [0, 0.05) is 0 Å². The van der Waals surface area contributed by atoms with E-state index in [2.05, 4.69) is 0 Å². The second-order valence-corrected chi connectivity index (χ2v) is 6.43. The quantitative estimate of drug-likeness (QED) is 0.795. The lowest BCUT2D eigenvalue weighted by molar-refractivity contribution is -0.206. The van der Waals surface area contributed by atoms with Gasteiger partial charge in [0.2, 0.25) is 0 Å². The lowest BCUT2D eigenvalue weighted by Crippen LogP contribution is -2.40. The van der Waals surface area contributed by atoms with Gasteiger partial charge in [-0.25, -0.2) is 0 Å². The monoisotopic (exact) mass is 340 g/mol. The van der Waals surface area contributed by atoms with Crippen molar-refractivity contribution < 1.29 is 18.3 Å². The number of hydrogen-bond donors (Lipinski definition) is 1. The highest BCUT2D eigenvalue weighted by molar-refractivity contribution is 6.42. The van der Waals surface area contributed by atoms with Gasteiger partial charge in [-0.05, 0) is 42.9 Å². The first-order valence-corrected chi connectivity index (χ1v) is 7.73. The average Bonchev–Trinajstić information content (AvgIpc) is 2.42. The summed E-state index contributed by atoms with van der Waals surface area (Å²) >= 11 is 11.7. The van der Waals surface area contributed by atoms with Crippen molar-refractivity contribution in [1.82, 2.24) is 0 Å². The topological polar surface area (TPSA) is 20.2 Å². The highest BCUT2D eigenvalue weighted by Gasteiger charge is 2.47. The maximum atomic E-state index is 13.1. The first kappa shape index (κ1) is 16.9. The van der Waals surface area contributed by atoms with Gasteiger partial charge in [-0.1, -0.05) is 42.1 Å². The van der Waals surface area contributed by atoms with Crippen molar-refractivity contribution in [3.8, 4) is 0 Å². The standard InChI is InChI=1S/C15H17Cl2F3O/c16-12-6-5-9(7-13(12)17)8-14(21)10-3-1-2-4-11(10)15(18,19)20/h5-7,10-11,14,21H,1-4,8H2. The van der Waals surface area contributed by atoms with Crippen molar-refractivity contribution in [2.45, 2.75) is 44.4 Å². The molecule has 118 valence electrons. The Hall–Kier alpha value is -0.450. The number of halogens is 5. The van der Waals surface area contributed by atoms with Crippen LogP contribution in [0.4, 0.5) is 13.2 Å². The summed E-state index contributed by atoms with van der Waals surface area (Å²) < 4.78 is 39.2. The molecule has 3 unspecified atom stereocenters. The van der Waals surface area contributed by atoms with Gasteiger partial charge in [0.1, 0.15) is 0 Å². The third-order valence-electron chi connectivity index (χ3n) is 4.16. The van der Waals surface area contributed by atoms with Crippen molar-refractivity contribution in [2.24, 2.45) is 11.8 Å². The van der Waals surface area contributed by atoms with Crippen LogP contribution < -0.4 is 0 Å². The van der Waals surface area contributed by atoms with E-state index >= 15 is 0 Å². The van der Waals surface area contributed by atoms with Gasteiger partial charge in [-0.3, -0.25) is 0 Å². The Morgan fingerprint density at radius 2 is 1.81 bits per heavy atom. The second kappa shape index (κ2) is 6.76. The highest BCUT2D eigenvalue weighted by Crippen LogP contribution is 2.43. The second-order valence-electron chi connectivity index (χ2n) is 5.62. The summed E-state index contributed by atoms with van der Waals surface area (Å²) in [6.07, 6.45) is -3.29. The van der Waals surface area contributed by atoms with Crippen LogP contribution in [-0.4, -0.2) is 17.4 Å². The minimum Gasteiger partial charge on any atom is -0.392 e. The van der Waals surface area contributed by atoms with E-state index in [1.54, 1.807) is 18.2 Å². The number of benzene rings is 1. The summed E-state index contributed by atoms with van der Waals surface area (Å²) in [4.78, 5) is 0. The number of aliphatic hydroxyl groups excluding tert-OH is 1. The van der Waals surface area contributed by atoms with Crippen molar-refractivity contribution in [3.05, 3.63) is 33.8 Å². The Balaban J connectivity index is 2.10. The smallest absolute Gasteiger partial charge is 0.392 e. The summed E-state index contributed by atoms with van der Waals surface area (Å²) in [5.74, 6) is -2.16. The van der Waals surface area contributed by atoms with Crippen molar-refractivity contribution >= 4 is 23.2 Å². The zero-order valence-electron chi connectivity index (χ0n) is 11.3. The Bertz CT molecular complexity index is 490. The first-order chi connectivity index (χ1) is 9.79. The molecule has 0 heterocycles. The number of aliphatic hydroxyl groups is 1. The van der Waals surface area contributed by atoms with E-state index in [4.69, 9.17) is 23.2 Å². The van der Waals surface area contributed by atoms with Gasteiger partial charge < -0.3 is 5.11 Å². The fraction of sp³-hybridized carbons (Fsp3) is 0.600. The number of rotatable bonds is 3. The molecule has 0 spiro atoms. The third-order valence-corrected chi connectivity index (χ3v) is 4.90. The van der Waals surface area contributed by atoms with E-state index in [1.165, 1.54) is 0 Å². The van der Waals surface area contributed by atoms with Crippen LogP contribution in [0.15, 0.2) is 18.2 Å². The molecule has 0 radical (unpaired) electrons. The molecule has 0 saturated heterocycles. The molecule has 1 N–H and O–H groups in total. The molecule has 2 rings (SSSR count). The molecule has 1 aliphatic rings. The summed E-state index contributed by atoms with van der Waals surface area (Å²) in [7, 11) is 0. The van der Waals surface area contributed by atoms with E-state index in [0.717, 1.165) is 6.42 Å². The summed E-state index contributed by atoms with van der Waals surface area (Å²) in [6.45, 7) is 0. The van der Waals surface area contributed by atoms with Crippen LogP contribution in [0.5, 0.6) is 0 Å². The first-order valence-electron chi connectivity index (χ1n) is 6.97. The molecule has 1 saturated carbocycles. The largest absolute Gasteiger partial charge is 0.392 e. The normalized spacial score (nSPS) is 24.9. The predicted molar refractivity (Wildman–Crippen MR) is 77.7 cm³/mol. The van der Waals surface area contributed by atoms with Crippen molar-refractivity contribution in [2.75, 3.05) is 0 Å². The zero-order chi connectivity index (χ0) is 15.6. The van der Waals surface area contributed by atoms with Crippen LogP contribution in [0.25, 0.3) is 0 Å². The fourth-order valence-electron chi connectivity index (χ4n) is 3.09. The average molecular weight is 341 g/mol. The van der Waals surface area contributed by atoms with Crippen LogP contribution in [-0.2, 0) is 6.42 Å². The molecular formula is C15H17Cl2F3O. The van der Waals surface area contributed by atoms with Gasteiger partial charge in [-0.15, -0.1) is 0 Å². The summed E-state index contributed by atoms with van der Waals surface area (Å²) in [6, 6.07) is 4.87. The van der Waals surface area contributed by atoms with Gasteiger partial charge >= 0.3 is 6.18 Å². The van der Waals surface area contributed by atoms with Crippen LogP contribution in [0.3, 0.4) is 0 Å². The molecule has 1 aromatic rings. The molecule has 21 heavy (non-hydrogen) atoms. The third kappa shape index (κ3) is 4.27. The minimum atomic E-state index is -4.25. The molecular weight excluding hydrogens is 324 g/mol. The van der Waals surface area contributed by atoms with Gasteiger partial charge in [0.05, 0.1) is 22.1 Å². The molecule has 0 bridgehead atoms. The molecule has 3 atom stereocenters. The SMILES string of the molecule is OC(Cc1ccc(Cl)c(Cl)c1)C1CCCCC1C(F)(F)F. The minimum absolute atomic E-state index is 0.104. The maximum Gasteiger partial charge on any atom is 0.392 e. The fourth-order valence-corrected chi connectivity index (χ4v) is 3.41. The van der Waals surface area contributed by atoms with Crippen LogP contribution in [0.1, 0.15) is 31.2 Å². The predicted octanol–water partition coefficient (Wildman–Crippen LogP) is 5.27. The van der Waals surface area contributed by atoms with E-state index in [0.29, 0.717) is 28.5 Å². The van der Waals surface area contributed by atoms with E-state index in [1.807, 2.05) is 0 Å². The Labute approximate surface area is 132 Å². The maximum absolute atomic E-state index is 13.1.